The Morgan fingerprint density at radius 3 is 2.63 bits per heavy atom. The number of rotatable bonds is 10. The molecule has 3 rings (SSSR count). The molecule has 0 aromatic carbocycles. The Hall–Kier alpha value is -3.99. The van der Waals surface area contributed by atoms with Gasteiger partial charge >= 0.3 is 17.9 Å². The van der Waals surface area contributed by atoms with Crippen molar-refractivity contribution in [3.8, 4) is 0 Å². The fourth-order valence-electron chi connectivity index (χ4n) is 3.59. The molecule has 2 aliphatic rings. The molecule has 204 valence electrons. The number of aliphatic carboxylic acids is 1. The molecule has 0 saturated carbocycles. The van der Waals surface area contributed by atoms with Crippen LogP contribution in [0.1, 0.15) is 26.0 Å². The van der Waals surface area contributed by atoms with Crippen LogP contribution in [-0.4, -0.2) is 83.0 Å². The highest BCUT2D eigenvalue weighted by molar-refractivity contribution is 8.01. The van der Waals surface area contributed by atoms with Gasteiger partial charge in [-0.3, -0.25) is 28.9 Å². The van der Waals surface area contributed by atoms with E-state index in [4.69, 9.17) is 4.74 Å². The van der Waals surface area contributed by atoms with Gasteiger partial charge in [0.15, 0.2) is 10.0 Å². The number of amides is 3. The third-order valence-electron chi connectivity index (χ3n) is 5.41. The van der Waals surface area contributed by atoms with E-state index in [1.165, 1.54) is 19.4 Å². The number of carboxylic acids is 1. The van der Waals surface area contributed by atoms with Crippen molar-refractivity contribution in [3.05, 3.63) is 22.3 Å². The molecule has 0 spiro atoms. The van der Waals surface area contributed by atoms with E-state index < -0.39 is 64.1 Å². The van der Waals surface area contributed by atoms with E-state index in [1.54, 1.807) is 0 Å². The molecule has 0 aliphatic carbocycles. The maximum absolute atomic E-state index is 12.8. The van der Waals surface area contributed by atoms with Crippen LogP contribution in [0.3, 0.4) is 0 Å². The highest BCUT2D eigenvalue weighted by Crippen LogP contribution is 2.54. The number of nitrogens with zero attached hydrogens (tertiary/aromatic N) is 3. The molecule has 0 radical (unpaired) electrons. The SMILES string of the molecule is CON=CC(=O)NC1(c2csc(NC(=O)C(C)C(=O)OC)n2)S[C@@H]2CC(=O)N2C(C(=O)O)=C1COC(C)=O. The Bertz CT molecular complexity index is 1240. The number of fused-ring (bicyclic) bond motifs is 1. The van der Waals surface area contributed by atoms with Crippen LogP contribution in [0, 0.1) is 5.92 Å². The number of carboxylic acid groups (broad SMARTS) is 1. The summed E-state index contributed by atoms with van der Waals surface area (Å²) in [6.07, 6.45) is 0.772. The quantitative estimate of drug-likeness (QED) is 0.112. The number of carbonyl (C=O) groups excluding carboxylic acids is 5. The summed E-state index contributed by atoms with van der Waals surface area (Å²) in [7, 11) is 2.35. The van der Waals surface area contributed by atoms with Gasteiger partial charge in [0.05, 0.1) is 24.6 Å². The van der Waals surface area contributed by atoms with Gasteiger partial charge in [0.2, 0.25) is 11.8 Å². The lowest BCUT2D eigenvalue weighted by molar-refractivity contribution is -0.148. The van der Waals surface area contributed by atoms with Crippen LogP contribution in [0.4, 0.5) is 5.13 Å². The molecule has 3 heterocycles. The standard InChI is InChI=1S/C21H23N5O10S2/c1-9(19(33)34-3)17(30)24-20-23-12(8-37-20)21(25-13(28)6-22-35-4)11(7-36-10(2)27)16(18(31)32)26-14(29)5-15(26)38-21/h6,8-9,15H,5,7H2,1-4H3,(H,25,28)(H,31,32)(H,23,24,30)/t9?,15-,21?/m1/s1. The van der Waals surface area contributed by atoms with Crippen LogP contribution in [0.25, 0.3) is 0 Å². The van der Waals surface area contributed by atoms with E-state index in [0.717, 1.165) is 48.2 Å². The van der Waals surface area contributed by atoms with Crippen molar-refractivity contribution >= 4 is 70.1 Å². The smallest absolute Gasteiger partial charge is 0.352 e. The Labute approximate surface area is 223 Å². The number of anilines is 1. The summed E-state index contributed by atoms with van der Waals surface area (Å²) in [5.41, 5.74) is -0.569. The van der Waals surface area contributed by atoms with Crippen LogP contribution in [0.2, 0.25) is 0 Å². The Balaban J connectivity index is 2.15. The van der Waals surface area contributed by atoms with Crippen molar-refractivity contribution in [1.82, 2.24) is 15.2 Å². The molecule has 15 nitrogen and oxygen atoms in total. The molecule has 3 atom stereocenters. The third kappa shape index (κ3) is 5.62. The van der Waals surface area contributed by atoms with Crippen LogP contribution < -0.4 is 10.6 Å². The summed E-state index contributed by atoms with van der Waals surface area (Å²) >= 11 is 1.92. The highest BCUT2D eigenvalue weighted by atomic mass is 32.2. The average Bonchev–Trinajstić information content (AvgIpc) is 3.33. The van der Waals surface area contributed by atoms with Gasteiger partial charge in [-0.1, -0.05) is 16.9 Å². The largest absolute Gasteiger partial charge is 0.477 e. The summed E-state index contributed by atoms with van der Waals surface area (Å²) in [5.74, 6) is -6.15. The van der Waals surface area contributed by atoms with E-state index in [1.807, 2.05) is 0 Å². The molecule has 1 aromatic heterocycles. The summed E-state index contributed by atoms with van der Waals surface area (Å²) in [4.78, 5) is 81.5. The van der Waals surface area contributed by atoms with Gasteiger partial charge in [0.25, 0.3) is 5.91 Å². The number of aromatic nitrogens is 1. The number of esters is 2. The Kier molecular flexibility index (Phi) is 8.72. The van der Waals surface area contributed by atoms with Gasteiger partial charge in [0.1, 0.15) is 31.5 Å². The minimum absolute atomic E-state index is 0.0244. The van der Waals surface area contributed by atoms with Crippen molar-refractivity contribution in [3.63, 3.8) is 0 Å². The lowest BCUT2D eigenvalue weighted by atomic mass is 9.97. The number of hydrogen-bond donors (Lipinski definition) is 3. The van der Waals surface area contributed by atoms with Gasteiger partial charge in [-0.05, 0) is 6.92 Å². The zero-order valence-electron chi connectivity index (χ0n) is 20.5. The van der Waals surface area contributed by atoms with E-state index in [2.05, 4.69) is 30.3 Å². The number of β-lactam (4-membered cyclic amide) rings is 1. The van der Waals surface area contributed by atoms with Crippen LogP contribution in [0.5, 0.6) is 0 Å². The van der Waals surface area contributed by atoms with E-state index in [9.17, 15) is 33.9 Å². The topological polar surface area (TPSA) is 203 Å². The molecule has 38 heavy (non-hydrogen) atoms. The van der Waals surface area contributed by atoms with E-state index in [-0.39, 0.29) is 22.8 Å². The average molecular weight is 570 g/mol. The number of methoxy groups -OCH3 is 1. The summed E-state index contributed by atoms with van der Waals surface area (Å²) in [6, 6.07) is 0. The summed E-state index contributed by atoms with van der Waals surface area (Å²) in [6.45, 7) is 1.84. The van der Waals surface area contributed by atoms with E-state index >= 15 is 0 Å². The Morgan fingerprint density at radius 1 is 1.34 bits per heavy atom. The summed E-state index contributed by atoms with van der Waals surface area (Å²) < 4.78 is 9.69. The lowest BCUT2D eigenvalue weighted by Crippen LogP contribution is -2.61. The second-order valence-corrected chi connectivity index (χ2v) is 10.1. The van der Waals surface area contributed by atoms with Crippen LogP contribution in [-0.2, 0) is 47.9 Å². The van der Waals surface area contributed by atoms with Crippen molar-refractivity contribution in [1.29, 1.82) is 0 Å². The molecular formula is C21H23N5O10S2. The molecule has 3 amide bonds. The number of nitrogens with one attached hydrogen (secondary N) is 2. The number of carbonyl (C=O) groups is 6. The molecule has 17 heteroatoms. The van der Waals surface area contributed by atoms with Gasteiger partial charge in [0, 0.05) is 17.9 Å². The fourth-order valence-corrected chi connectivity index (χ4v) is 6.08. The minimum Gasteiger partial charge on any atom is -0.477 e. The van der Waals surface area contributed by atoms with Gasteiger partial charge in [-0.2, -0.15) is 0 Å². The lowest BCUT2D eigenvalue weighted by Gasteiger charge is -2.51. The summed E-state index contributed by atoms with van der Waals surface area (Å²) in [5, 5.41) is 19.4. The molecule has 1 aromatic rings. The molecule has 0 bridgehead atoms. The predicted octanol–water partition coefficient (Wildman–Crippen LogP) is -0.00110. The first-order valence-electron chi connectivity index (χ1n) is 10.8. The zero-order chi connectivity index (χ0) is 28.2. The predicted molar refractivity (Wildman–Crippen MR) is 131 cm³/mol. The zero-order valence-corrected chi connectivity index (χ0v) is 22.1. The molecule has 1 fully saturated rings. The van der Waals surface area contributed by atoms with Gasteiger partial charge in [-0.15, -0.1) is 11.3 Å². The number of hydrogen-bond acceptors (Lipinski definition) is 13. The van der Waals surface area contributed by atoms with E-state index in [0.29, 0.717) is 0 Å². The first-order chi connectivity index (χ1) is 17.9. The Morgan fingerprint density at radius 2 is 2.05 bits per heavy atom. The first-order valence-corrected chi connectivity index (χ1v) is 12.5. The minimum atomic E-state index is -1.77. The molecule has 2 aliphatic heterocycles. The monoisotopic (exact) mass is 569 g/mol. The highest BCUT2D eigenvalue weighted by Gasteiger charge is 2.57. The van der Waals surface area contributed by atoms with Gasteiger partial charge < -0.3 is 30.1 Å². The van der Waals surface area contributed by atoms with Crippen molar-refractivity contribution in [2.24, 2.45) is 11.1 Å². The van der Waals surface area contributed by atoms with Gasteiger partial charge in [-0.25, -0.2) is 9.78 Å². The van der Waals surface area contributed by atoms with Crippen LogP contribution >= 0.6 is 23.1 Å². The molecule has 3 N–H and O–H groups in total. The first kappa shape index (κ1) is 28.6. The van der Waals surface area contributed by atoms with Crippen molar-refractivity contribution in [2.75, 3.05) is 26.1 Å². The maximum atomic E-state index is 12.8. The fraction of sp³-hybridized carbons (Fsp3) is 0.429. The number of thiazole rings is 1. The number of thioether (sulfide) groups is 1. The molecule has 1 saturated heterocycles. The van der Waals surface area contributed by atoms with Crippen molar-refractivity contribution < 1.29 is 48.2 Å². The molecule has 2 unspecified atom stereocenters. The second kappa shape index (κ2) is 11.6. The van der Waals surface area contributed by atoms with Crippen molar-refractivity contribution in [2.45, 2.75) is 30.5 Å². The number of oxime groups is 1. The maximum Gasteiger partial charge on any atom is 0.352 e. The van der Waals surface area contributed by atoms with Crippen LogP contribution in [0.15, 0.2) is 21.8 Å². The third-order valence-corrected chi connectivity index (χ3v) is 7.73. The molecular weight excluding hydrogens is 546 g/mol. The number of ether oxygens (including phenoxy) is 2. The second-order valence-electron chi connectivity index (χ2n) is 7.81. The normalized spacial score (nSPS) is 21.2.